The minimum atomic E-state index is -3.70. The van der Waals surface area contributed by atoms with Gasteiger partial charge in [0, 0.05) is 18.7 Å². The minimum Gasteiger partial charge on any atom is -0.258 e. The number of rotatable bonds is 5. The SMILES string of the molecule is C=CCNS(=O)(=O)c1cccc([N+](=O)[O-])c1. The maximum Gasteiger partial charge on any atom is 0.270 e. The summed E-state index contributed by atoms with van der Waals surface area (Å²) in [5.74, 6) is 0. The first-order valence-electron chi connectivity index (χ1n) is 4.32. The first kappa shape index (κ1) is 12.3. The maximum absolute atomic E-state index is 11.6. The molecular formula is C9H10N2O4S. The summed E-state index contributed by atoms with van der Waals surface area (Å²) in [7, 11) is -3.70. The van der Waals surface area contributed by atoms with Gasteiger partial charge in [-0.3, -0.25) is 10.1 Å². The van der Waals surface area contributed by atoms with Crippen LogP contribution in [-0.4, -0.2) is 19.9 Å². The second kappa shape index (κ2) is 4.86. The highest BCUT2D eigenvalue weighted by atomic mass is 32.2. The molecule has 0 saturated carbocycles. The van der Waals surface area contributed by atoms with Gasteiger partial charge in [-0.2, -0.15) is 0 Å². The van der Waals surface area contributed by atoms with Gasteiger partial charge < -0.3 is 0 Å². The third-order valence-electron chi connectivity index (χ3n) is 1.76. The lowest BCUT2D eigenvalue weighted by Gasteiger charge is -2.03. The lowest BCUT2D eigenvalue weighted by molar-refractivity contribution is -0.385. The quantitative estimate of drug-likeness (QED) is 0.475. The number of hydrogen-bond acceptors (Lipinski definition) is 4. The molecule has 0 aliphatic carbocycles. The van der Waals surface area contributed by atoms with E-state index in [1.54, 1.807) is 0 Å². The van der Waals surface area contributed by atoms with Crippen molar-refractivity contribution in [2.45, 2.75) is 4.90 Å². The molecule has 0 fully saturated rings. The van der Waals surface area contributed by atoms with Crippen molar-refractivity contribution in [2.75, 3.05) is 6.54 Å². The van der Waals surface area contributed by atoms with E-state index >= 15 is 0 Å². The normalized spacial score (nSPS) is 11.0. The van der Waals surface area contributed by atoms with Crippen molar-refractivity contribution in [3.63, 3.8) is 0 Å². The number of nitrogens with one attached hydrogen (secondary N) is 1. The summed E-state index contributed by atoms with van der Waals surface area (Å²) < 4.78 is 25.4. The minimum absolute atomic E-state index is 0.0744. The number of sulfonamides is 1. The van der Waals surface area contributed by atoms with Gasteiger partial charge in [0.2, 0.25) is 10.0 Å². The van der Waals surface area contributed by atoms with E-state index in [0.29, 0.717) is 0 Å². The fourth-order valence-corrected chi connectivity index (χ4v) is 2.05. The van der Waals surface area contributed by atoms with Crippen LogP contribution in [0.5, 0.6) is 0 Å². The van der Waals surface area contributed by atoms with Crippen LogP contribution in [0.15, 0.2) is 41.8 Å². The summed E-state index contributed by atoms with van der Waals surface area (Å²) in [6.45, 7) is 3.44. The number of benzene rings is 1. The Labute approximate surface area is 92.8 Å². The van der Waals surface area contributed by atoms with Gasteiger partial charge >= 0.3 is 0 Å². The monoisotopic (exact) mass is 242 g/mol. The average Bonchev–Trinajstić information content (AvgIpc) is 2.26. The Morgan fingerprint density at radius 3 is 2.75 bits per heavy atom. The largest absolute Gasteiger partial charge is 0.270 e. The molecule has 1 N–H and O–H groups in total. The van der Waals surface area contributed by atoms with E-state index in [0.717, 1.165) is 6.07 Å². The standard InChI is InChI=1S/C9H10N2O4S/c1-2-6-10-16(14,15)9-5-3-4-8(7-9)11(12)13/h2-5,7,10H,1,6H2. The highest BCUT2D eigenvalue weighted by Crippen LogP contribution is 2.16. The van der Waals surface area contributed by atoms with Gasteiger partial charge in [0.15, 0.2) is 0 Å². The molecule has 86 valence electrons. The number of nitro benzene ring substituents is 1. The molecule has 0 saturated heterocycles. The lowest BCUT2D eigenvalue weighted by Crippen LogP contribution is -2.23. The van der Waals surface area contributed by atoms with Gasteiger partial charge in [0.05, 0.1) is 9.82 Å². The third kappa shape index (κ3) is 2.88. The molecule has 0 atom stereocenters. The van der Waals surface area contributed by atoms with Gasteiger partial charge in [-0.25, -0.2) is 13.1 Å². The van der Waals surface area contributed by atoms with Crippen molar-refractivity contribution in [1.82, 2.24) is 4.72 Å². The van der Waals surface area contributed by atoms with Crippen molar-refractivity contribution >= 4 is 15.7 Å². The van der Waals surface area contributed by atoms with E-state index < -0.39 is 14.9 Å². The predicted octanol–water partition coefficient (Wildman–Crippen LogP) is 1.06. The van der Waals surface area contributed by atoms with Gasteiger partial charge in [-0.1, -0.05) is 12.1 Å². The average molecular weight is 242 g/mol. The van der Waals surface area contributed by atoms with E-state index in [4.69, 9.17) is 0 Å². The molecular weight excluding hydrogens is 232 g/mol. The third-order valence-corrected chi connectivity index (χ3v) is 3.18. The van der Waals surface area contributed by atoms with E-state index in [2.05, 4.69) is 11.3 Å². The predicted molar refractivity (Wildman–Crippen MR) is 58.5 cm³/mol. The molecule has 6 nitrogen and oxygen atoms in total. The zero-order valence-corrected chi connectivity index (χ0v) is 9.11. The Morgan fingerprint density at radius 1 is 1.50 bits per heavy atom. The first-order valence-corrected chi connectivity index (χ1v) is 5.80. The van der Waals surface area contributed by atoms with Gasteiger partial charge in [-0.15, -0.1) is 6.58 Å². The van der Waals surface area contributed by atoms with Gasteiger partial charge in [0.25, 0.3) is 5.69 Å². The van der Waals surface area contributed by atoms with Crippen LogP contribution in [0.25, 0.3) is 0 Å². The van der Waals surface area contributed by atoms with E-state index in [9.17, 15) is 18.5 Å². The molecule has 0 radical (unpaired) electrons. The fourth-order valence-electron chi connectivity index (χ4n) is 1.02. The van der Waals surface area contributed by atoms with Crippen molar-refractivity contribution in [3.8, 4) is 0 Å². The number of non-ortho nitro benzene ring substituents is 1. The first-order chi connectivity index (χ1) is 7.47. The molecule has 1 aromatic carbocycles. The second-order valence-electron chi connectivity index (χ2n) is 2.90. The highest BCUT2D eigenvalue weighted by Gasteiger charge is 2.16. The molecule has 1 aromatic rings. The van der Waals surface area contributed by atoms with Crippen molar-refractivity contribution in [3.05, 3.63) is 47.0 Å². The van der Waals surface area contributed by atoms with Crippen molar-refractivity contribution in [2.24, 2.45) is 0 Å². The lowest BCUT2D eigenvalue weighted by atomic mass is 10.3. The van der Waals surface area contributed by atoms with Crippen LogP contribution in [0.4, 0.5) is 5.69 Å². The molecule has 0 unspecified atom stereocenters. The van der Waals surface area contributed by atoms with Crippen LogP contribution < -0.4 is 4.72 Å². The van der Waals surface area contributed by atoms with Gasteiger partial charge in [0.1, 0.15) is 0 Å². The second-order valence-corrected chi connectivity index (χ2v) is 4.66. The molecule has 0 aliphatic heterocycles. The van der Waals surface area contributed by atoms with Crippen molar-refractivity contribution in [1.29, 1.82) is 0 Å². The van der Waals surface area contributed by atoms with Crippen LogP contribution >= 0.6 is 0 Å². The van der Waals surface area contributed by atoms with E-state index in [1.165, 1.54) is 24.3 Å². The molecule has 7 heteroatoms. The van der Waals surface area contributed by atoms with Crippen LogP contribution in [0, 0.1) is 10.1 Å². The van der Waals surface area contributed by atoms with Gasteiger partial charge in [-0.05, 0) is 6.07 Å². The zero-order chi connectivity index (χ0) is 12.2. The molecule has 16 heavy (non-hydrogen) atoms. The Kier molecular flexibility index (Phi) is 3.75. The summed E-state index contributed by atoms with van der Waals surface area (Å²) in [4.78, 5) is 9.69. The molecule has 1 rings (SSSR count). The summed E-state index contributed by atoms with van der Waals surface area (Å²) in [5, 5.41) is 10.5. The molecule has 0 aromatic heterocycles. The maximum atomic E-state index is 11.6. The Bertz CT molecular complexity index is 510. The molecule has 0 amide bonds. The Balaban J connectivity index is 3.08. The van der Waals surface area contributed by atoms with E-state index in [1.807, 2.05) is 0 Å². The zero-order valence-electron chi connectivity index (χ0n) is 8.29. The fraction of sp³-hybridized carbons (Fsp3) is 0.111. The molecule has 0 bridgehead atoms. The van der Waals surface area contributed by atoms with Crippen LogP contribution in [0.2, 0.25) is 0 Å². The topological polar surface area (TPSA) is 89.3 Å². The van der Waals surface area contributed by atoms with Crippen LogP contribution in [-0.2, 0) is 10.0 Å². The van der Waals surface area contributed by atoms with Crippen LogP contribution in [0.3, 0.4) is 0 Å². The summed E-state index contributed by atoms with van der Waals surface area (Å²) in [6, 6.07) is 4.84. The summed E-state index contributed by atoms with van der Waals surface area (Å²) in [6.07, 6.45) is 1.38. The van der Waals surface area contributed by atoms with Crippen LogP contribution in [0.1, 0.15) is 0 Å². The number of nitro groups is 1. The molecule has 0 heterocycles. The van der Waals surface area contributed by atoms with Crippen molar-refractivity contribution < 1.29 is 13.3 Å². The molecule has 0 aliphatic rings. The van der Waals surface area contributed by atoms with E-state index in [-0.39, 0.29) is 17.1 Å². The molecule has 0 spiro atoms. The number of nitrogens with zero attached hydrogens (tertiary/aromatic N) is 1. The Morgan fingerprint density at radius 2 is 2.19 bits per heavy atom. The number of hydrogen-bond donors (Lipinski definition) is 1. The highest BCUT2D eigenvalue weighted by molar-refractivity contribution is 7.89. The summed E-state index contributed by atoms with van der Waals surface area (Å²) in [5.41, 5.74) is -0.263. The summed E-state index contributed by atoms with van der Waals surface area (Å²) >= 11 is 0. The smallest absolute Gasteiger partial charge is 0.258 e. The Hall–Kier alpha value is -1.73.